The fourth-order valence-corrected chi connectivity index (χ4v) is 3.24. The van der Waals surface area contributed by atoms with Crippen molar-refractivity contribution in [2.75, 3.05) is 13.7 Å². The first-order chi connectivity index (χ1) is 12.2. The van der Waals surface area contributed by atoms with Crippen LogP contribution in [-0.2, 0) is 9.53 Å². The van der Waals surface area contributed by atoms with Crippen molar-refractivity contribution in [3.63, 3.8) is 0 Å². The van der Waals surface area contributed by atoms with Crippen molar-refractivity contribution in [1.29, 1.82) is 0 Å². The molecule has 3 rings (SSSR count). The van der Waals surface area contributed by atoms with Crippen molar-refractivity contribution in [2.24, 2.45) is 0 Å². The number of carbonyl (C=O) groups excluding carboxylic acids is 1. The molecule has 5 nitrogen and oxygen atoms in total. The van der Waals surface area contributed by atoms with E-state index in [9.17, 15) is 4.79 Å². The van der Waals surface area contributed by atoms with E-state index in [2.05, 4.69) is 5.10 Å². The Bertz CT molecular complexity index is 848. The van der Waals surface area contributed by atoms with Crippen LogP contribution in [0.2, 0.25) is 0 Å². The Labute approximate surface area is 150 Å². The Balaban J connectivity index is 2.04. The van der Waals surface area contributed by atoms with Crippen molar-refractivity contribution in [2.45, 2.75) is 16.7 Å². The zero-order valence-corrected chi connectivity index (χ0v) is 14.8. The lowest BCUT2D eigenvalue weighted by Crippen LogP contribution is -2.16. The number of hydrogen-bond acceptors (Lipinski definition) is 5. The molecule has 25 heavy (non-hydrogen) atoms. The summed E-state index contributed by atoms with van der Waals surface area (Å²) in [5.74, 6) is -0.0610. The van der Waals surface area contributed by atoms with Crippen LogP contribution in [-0.4, -0.2) is 29.5 Å². The minimum absolute atomic E-state index is 0.117. The molecule has 0 unspecified atom stereocenters. The maximum absolute atomic E-state index is 12.0. The monoisotopic (exact) mass is 354 g/mol. The first kappa shape index (κ1) is 17.3. The first-order valence-corrected chi connectivity index (χ1v) is 8.58. The summed E-state index contributed by atoms with van der Waals surface area (Å²) in [5, 5.41) is 4.57. The van der Waals surface area contributed by atoms with Crippen LogP contribution in [0.4, 0.5) is 0 Å². The molecule has 128 valence electrons. The maximum Gasteiger partial charge on any atom is 0.338 e. The third kappa shape index (κ3) is 4.10. The molecule has 0 atom stereocenters. The Kier molecular flexibility index (Phi) is 5.53. The zero-order chi connectivity index (χ0) is 17.6. The Morgan fingerprint density at radius 1 is 1.08 bits per heavy atom. The van der Waals surface area contributed by atoms with Crippen LogP contribution in [0, 0.1) is 6.92 Å². The van der Waals surface area contributed by atoms with E-state index in [0.29, 0.717) is 5.88 Å². The second-order valence-electron chi connectivity index (χ2n) is 5.29. The number of benzene rings is 2. The molecule has 0 saturated heterocycles. The third-order valence-corrected chi connectivity index (χ3v) is 4.58. The number of aryl methyl sites for hydroxylation is 1. The van der Waals surface area contributed by atoms with Gasteiger partial charge in [-0.05, 0) is 31.2 Å². The highest BCUT2D eigenvalue weighted by Crippen LogP contribution is 2.38. The minimum atomic E-state index is -0.463. The molecule has 0 fully saturated rings. The molecule has 0 spiro atoms. The molecule has 0 saturated carbocycles. The SMILES string of the molecule is COCC(=O)Oc1c(Sc2ccccc2)c(C)nn1-c1ccccc1. The van der Waals surface area contributed by atoms with Gasteiger partial charge >= 0.3 is 5.97 Å². The van der Waals surface area contributed by atoms with Crippen molar-refractivity contribution >= 4 is 17.7 Å². The minimum Gasteiger partial charge on any atom is -0.404 e. The molecule has 0 aliphatic rings. The van der Waals surface area contributed by atoms with Crippen LogP contribution in [0.15, 0.2) is 70.5 Å². The molecule has 1 heterocycles. The van der Waals surface area contributed by atoms with Crippen molar-refractivity contribution in [3.05, 3.63) is 66.4 Å². The lowest BCUT2D eigenvalue weighted by Gasteiger charge is -2.10. The molecular weight excluding hydrogens is 336 g/mol. The highest BCUT2D eigenvalue weighted by molar-refractivity contribution is 7.99. The van der Waals surface area contributed by atoms with Crippen molar-refractivity contribution < 1.29 is 14.3 Å². The summed E-state index contributed by atoms with van der Waals surface area (Å²) < 4.78 is 12.1. The number of ether oxygens (including phenoxy) is 2. The van der Waals surface area contributed by atoms with Gasteiger partial charge in [0.05, 0.1) is 16.3 Å². The summed E-state index contributed by atoms with van der Waals surface area (Å²) in [5.41, 5.74) is 1.61. The largest absolute Gasteiger partial charge is 0.404 e. The number of para-hydroxylation sites is 1. The normalized spacial score (nSPS) is 10.6. The van der Waals surface area contributed by atoms with Gasteiger partial charge in [-0.1, -0.05) is 48.2 Å². The smallest absolute Gasteiger partial charge is 0.338 e. The van der Waals surface area contributed by atoms with Gasteiger partial charge in [0.1, 0.15) is 6.61 Å². The van der Waals surface area contributed by atoms with Crippen LogP contribution >= 0.6 is 11.8 Å². The lowest BCUT2D eigenvalue weighted by atomic mass is 10.3. The first-order valence-electron chi connectivity index (χ1n) is 7.76. The van der Waals surface area contributed by atoms with E-state index >= 15 is 0 Å². The Morgan fingerprint density at radius 2 is 1.72 bits per heavy atom. The number of rotatable bonds is 6. The van der Waals surface area contributed by atoms with Gasteiger partial charge in [0, 0.05) is 12.0 Å². The summed E-state index contributed by atoms with van der Waals surface area (Å²) in [7, 11) is 1.46. The van der Waals surface area contributed by atoms with Crippen molar-refractivity contribution in [1.82, 2.24) is 9.78 Å². The lowest BCUT2D eigenvalue weighted by molar-refractivity contribution is -0.139. The second-order valence-corrected chi connectivity index (χ2v) is 6.37. The molecular formula is C19H18N2O3S. The summed E-state index contributed by atoms with van der Waals surface area (Å²) >= 11 is 1.52. The van der Waals surface area contributed by atoms with E-state index in [1.807, 2.05) is 67.6 Å². The molecule has 0 aliphatic heterocycles. The number of nitrogens with zero attached hydrogens (tertiary/aromatic N) is 2. The van der Waals surface area contributed by atoms with Gasteiger partial charge < -0.3 is 9.47 Å². The number of methoxy groups -OCH3 is 1. The van der Waals surface area contributed by atoms with Gasteiger partial charge in [0.2, 0.25) is 5.88 Å². The summed E-state index contributed by atoms with van der Waals surface area (Å²) in [6, 6.07) is 19.5. The van der Waals surface area contributed by atoms with E-state index in [-0.39, 0.29) is 6.61 Å². The second kappa shape index (κ2) is 8.00. The summed E-state index contributed by atoms with van der Waals surface area (Å²) in [6.45, 7) is 1.78. The predicted molar refractivity (Wildman–Crippen MR) is 96.4 cm³/mol. The van der Waals surface area contributed by atoms with Gasteiger partial charge in [-0.3, -0.25) is 0 Å². The van der Waals surface area contributed by atoms with E-state index in [4.69, 9.17) is 9.47 Å². The average molecular weight is 354 g/mol. The number of hydrogen-bond donors (Lipinski definition) is 0. The standard InChI is InChI=1S/C19H18N2O3S/c1-14-18(25-16-11-7-4-8-12-16)19(24-17(22)13-23-2)21(20-14)15-9-5-3-6-10-15/h3-12H,13H2,1-2H3. The Morgan fingerprint density at radius 3 is 2.36 bits per heavy atom. The highest BCUT2D eigenvalue weighted by Gasteiger charge is 2.21. The number of aromatic nitrogens is 2. The summed E-state index contributed by atoms with van der Waals surface area (Å²) in [6.07, 6.45) is 0. The average Bonchev–Trinajstić information content (AvgIpc) is 2.93. The quantitative estimate of drug-likeness (QED) is 0.629. The van der Waals surface area contributed by atoms with Crippen LogP contribution in [0.5, 0.6) is 5.88 Å². The Hall–Kier alpha value is -2.57. The van der Waals surface area contributed by atoms with Crippen molar-refractivity contribution in [3.8, 4) is 11.6 Å². The van der Waals surface area contributed by atoms with Gasteiger partial charge in [-0.25, -0.2) is 4.79 Å². The van der Waals surface area contributed by atoms with E-state index in [1.165, 1.54) is 18.9 Å². The zero-order valence-electron chi connectivity index (χ0n) is 14.0. The predicted octanol–water partition coefficient (Wildman–Crippen LogP) is 3.88. The van der Waals surface area contributed by atoms with Crippen LogP contribution in [0.3, 0.4) is 0 Å². The molecule has 0 bridgehead atoms. The molecule has 1 aromatic heterocycles. The molecule has 0 amide bonds. The maximum atomic E-state index is 12.0. The molecule has 2 aromatic carbocycles. The topological polar surface area (TPSA) is 53.4 Å². The fourth-order valence-electron chi connectivity index (χ4n) is 2.30. The fraction of sp³-hybridized carbons (Fsp3) is 0.158. The molecule has 0 radical (unpaired) electrons. The van der Waals surface area contributed by atoms with Gasteiger partial charge in [-0.15, -0.1) is 0 Å². The van der Waals surface area contributed by atoms with Gasteiger partial charge in [0.15, 0.2) is 0 Å². The number of carbonyl (C=O) groups is 1. The summed E-state index contributed by atoms with van der Waals surface area (Å²) in [4.78, 5) is 13.9. The van der Waals surface area contributed by atoms with Crippen LogP contribution in [0.25, 0.3) is 5.69 Å². The van der Waals surface area contributed by atoms with E-state index in [0.717, 1.165) is 21.2 Å². The highest BCUT2D eigenvalue weighted by atomic mass is 32.2. The molecule has 6 heteroatoms. The molecule has 3 aromatic rings. The molecule has 0 aliphatic carbocycles. The van der Waals surface area contributed by atoms with Gasteiger partial charge in [-0.2, -0.15) is 9.78 Å². The van der Waals surface area contributed by atoms with E-state index < -0.39 is 5.97 Å². The van der Waals surface area contributed by atoms with Gasteiger partial charge in [0.25, 0.3) is 0 Å². The van der Waals surface area contributed by atoms with Crippen LogP contribution < -0.4 is 4.74 Å². The number of esters is 1. The third-order valence-electron chi connectivity index (χ3n) is 3.40. The molecule has 0 N–H and O–H groups in total. The van der Waals surface area contributed by atoms with E-state index in [1.54, 1.807) is 4.68 Å². The van der Waals surface area contributed by atoms with Crippen LogP contribution in [0.1, 0.15) is 5.69 Å².